The Morgan fingerprint density at radius 3 is 2.79 bits per heavy atom. The lowest BCUT2D eigenvalue weighted by molar-refractivity contribution is -0.118. The van der Waals surface area contributed by atoms with Crippen molar-refractivity contribution >= 4 is 27.9 Å². The van der Waals surface area contributed by atoms with Crippen LogP contribution in [-0.2, 0) is 4.79 Å². The number of rotatable bonds is 4. The normalized spacial score (nSPS) is 21.0. The summed E-state index contributed by atoms with van der Waals surface area (Å²) in [5, 5.41) is 22.5. The predicted octanol–water partition coefficient (Wildman–Crippen LogP) is 3.77. The third kappa shape index (κ3) is 4.30. The molecule has 0 aliphatic heterocycles. The Bertz CT molecular complexity index is 694. The minimum Gasteiger partial charge on any atom is -0.504 e. The van der Waals surface area contributed by atoms with Crippen LogP contribution < -0.4 is 10.1 Å². The number of hydrogen-bond donors (Lipinski definition) is 2. The van der Waals surface area contributed by atoms with Crippen LogP contribution in [0, 0.1) is 17.2 Å². The van der Waals surface area contributed by atoms with Crippen LogP contribution in [0.3, 0.4) is 0 Å². The van der Waals surface area contributed by atoms with Crippen molar-refractivity contribution in [2.45, 2.75) is 38.6 Å². The van der Waals surface area contributed by atoms with Crippen molar-refractivity contribution in [1.82, 2.24) is 5.32 Å². The first kappa shape index (κ1) is 18.3. The molecule has 2 N–H and O–H groups in total. The molecule has 1 saturated carbocycles. The summed E-state index contributed by atoms with van der Waals surface area (Å²) in [4.78, 5) is 12.4. The lowest BCUT2D eigenvalue weighted by atomic mass is 9.86. The second-order valence-electron chi connectivity index (χ2n) is 6.06. The van der Waals surface area contributed by atoms with Gasteiger partial charge in [-0.15, -0.1) is 0 Å². The Labute approximate surface area is 150 Å². The predicted molar refractivity (Wildman–Crippen MR) is 95.5 cm³/mol. The average Bonchev–Trinajstić information content (AvgIpc) is 2.57. The van der Waals surface area contributed by atoms with Crippen LogP contribution in [0.4, 0.5) is 0 Å². The summed E-state index contributed by atoms with van der Waals surface area (Å²) >= 11 is 3.32. The Hall–Kier alpha value is -2.00. The molecule has 1 aromatic rings. The van der Waals surface area contributed by atoms with E-state index in [4.69, 9.17) is 4.74 Å². The maximum Gasteiger partial charge on any atom is 0.262 e. The molecule has 0 heterocycles. The maximum absolute atomic E-state index is 12.4. The first-order valence-electron chi connectivity index (χ1n) is 7.95. The molecule has 0 unspecified atom stereocenters. The maximum atomic E-state index is 12.4. The van der Waals surface area contributed by atoms with E-state index in [0.29, 0.717) is 16.0 Å². The van der Waals surface area contributed by atoms with Gasteiger partial charge in [-0.2, -0.15) is 5.26 Å². The summed E-state index contributed by atoms with van der Waals surface area (Å²) in [6.45, 7) is 2.12. The first-order valence-corrected chi connectivity index (χ1v) is 8.74. The Morgan fingerprint density at radius 2 is 2.17 bits per heavy atom. The lowest BCUT2D eigenvalue weighted by Crippen LogP contribution is -2.41. The zero-order chi connectivity index (χ0) is 17.7. The van der Waals surface area contributed by atoms with Crippen LogP contribution >= 0.6 is 15.9 Å². The quantitative estimate of drug-likeness (QED) is 0.603. The molecule has 1 aliphatic carbocycles. The van der Waals surface area contributed by atoms with E-state index in [0.717, 1.165) is 19.3 Å². The Kier molecular flexibility index (Phi) is 6.27. The Morgan fingerprint density at radius 1 is 1.46 bits per heavy atom. The van der Waals surface area contributed by atoms with Crippen molar-refractivity contribution in [1.29, 1.82) is 5.26 Å². The van der Waals surface area contributed by atoms with Crippen molar-refractivity contribution in [3.63, 3.8) is 0 Å². The molecule has 6 heteroatoms. The molecule has 0 spiro atoms. The van der Waals surface area contributed by atoms with E-state index >= 15 is 0 Å². The van der Waals surface area contributed by atoms with Gasteiger partial charge in [0.05, 0.1) is 7.11 Å². The van der Waals surface area contributed by atoms with Gasteiger partial charge in [0.2, 0.25) is 0 Å². The van der Waals surface area contributed by atoms with Crippen molar-refractivity contribution in [3.8, 4) is 17.6 Å². The van der Waals surface area contributed by atoms with E-state index in [1.807, 2.05) is 6.07 Å². The average molecular weight is 393 g/mol. The minimum absolute atomic E-state index is 0.0387. The molecule has 1 aliphatic rings. The number of halogens is 1. The van der Waals surface area contributed by atoms with Crippen molar-refractivity contribution in [3.05, 3.63) is 27.7 Å². The molecule has 24 heavy (non-hydrogen) atoms. The number of ether oxygens (including phenoxy) is 1. The van der Waals surface area contributed by atoms with Gasteiger partial charge in [-0.25, -0.2) is 0 Å². The largest absolute Gasteiger partial charge is 0.504 e. The molecule has 1 aromatic carbocycles. The van der Waals surface area contributed by atoms with E-state index in [1.54, 1.807) is 12.1 Å². The van der Waals surface area contributed by atoms with Crippen molar-refractivity contribution in [2.24, 2.45) is 5.92 Å². The zero-order valence-electron chi connectivity index (χ0n) is 13.8. The van der Waals surface area contributed by atoms with Crippen LogP contribution in [0.2, 0.25) is 0 Å². The van der Waals surface area contributed by atoms with Gasteiger partial charge >= 0.3 is 0 Å². The molecule has 0 radical (unpaired) electrons. The number of nitriles is 1. The third-order valence-corrected chi connectivity index (χ3v) is 4.84. The smallest absolute Gasteiger partial charge is 0.262 e. The number of carbonyl (C=O) groups is 1. The third-order valence-electron chi connectivity index (χ3n) is 4.38. The molecule has 0 aromatic heterocycles. The second-order valence-corrected chi connectivity index (χ2v) is 6.97. The number of aromatic hydroxyl groups is 1. The van der Waals surface area contributed by atoms with Gasteiger partial charge < -0.3 is 15.2 Å². The van der Waals surface area contributed by atoms with E-state index in [-0.39, 0.29) is 23.1 Å². The number of nitrogens with zero attached hydrogens (tertiary/aromatic N) is 1. The molecular weight excluding hydrogens is 372 g/mol. The second kappa shape index (κ2) is 8.20. The summed E-state index contributed by atoms with van der Waals surface area (Å²) in [5.41, 5.74) is 0.313. The highest BCUT2D eigenvalue weighted by Crippen LogP contribution is 2.35. The summed E-state index contributed by atoms with van der Waals surface area (Å²) in [5.74, 6) is 0.165. The molecule has 0 bridgehead atoms. The molecule has 2 atom stereocenters. The monoisotopic (exact) mass is 392 g/mol. The van der Waals surface area contributed by atoms with Gasteiger partial charge in [-0.05, 0) is 37.0 Å². The van der Waals surface area contributed by atoms with Gasteiger partial charge in [-0.1, -0.05) is 35.7 Å². The molecule has 0 saturated heterocycles. The number of methoxy groups -OCH3 is 1. The Balaban J connectivity index is 2.24. The standard InChI is InChI=1S/C18H21BrN2O3/c1-11-5-3-4-6-15(11)21-18(23)13(10-20)7-12-8-14(19)9-16(24-2)17(12)22/h7-9,11,15,22H,3-6H2,1-2H3,(H,21,23)/b13-7+/t11-,15-/m1/s1. The number of nitrogens with one attached hydrogen (secondary N) is 1. The van der Waals surface area contributed by atoms with Gasteiger partial charge in [-0.3, -0.25) is 4.79 Å². The highest BCUT2D eigenvalue weighted by Gasteiger charge is 2.24. The van der Waals surface area contributed by atoms with Crippen LogP contribution in [0.15, 0.2) is 22.2 Å². The van der Waals surface area contributed by atoms with E-state index in [1.165, 1.54) is 19.6 Å². The molecular formula is C18H21BrN2O3. The van der Waals surface area contributed by atoms with E-state index in [2.05, 4.69) is 28.2 Å². The fourth-order valence-corrected chi connectivity index (χ4v) is 3.40. The number of carbonyl (C=O) groups excluding carboxylic acids is 1. The van der Waals surface area contributed by atoms with E-state index in [9.17, 15) is 15.2 Å². The van der Waals surface area contributed by atoms with Crippen LogP contribution in [-0.4, -0.2) is 24.2 Å². The summed E-state index contributed by atoms with van der Waals surface area (Å²) in [7, 11) is 1.44. The lowest BCUT2D eigenvalue weighted by Gasteiger charge is -2.29. The van der Waals surface area contributed by atoms with Crippen LogP contribution in [0.1, 0.15) is 38.2 Å². The summed E-state index contributed by atoms with van der Waals surface area (Å²) < 4.78 is 5.77. The summed E-state index contributed by atoms with van der Waals surface area (Å²) in [6.07, 6.45) is 5.66. The highest BCUT2D eigenvalue weighted by molar-refractivity contribution is 9.10. The van der Waals surface area contributed by atoms with Crippen molar-refractivity contribution in [2.75, 3.05) is 7.11 Å². The molecule has 5 nitrogen and oxygen atoms in total. The number of amides is 1. The van der Waals surface area contributed by atoms with Crippen molar-refractivity contribution < 1.29 is 14.6 Å². The fraction of sp³-hybridized carbons (Fsp3) is 0.444. The molecule has 2 rings (SSSR count). The topological polar surface area (TPSA) is 82.3 Å². The van der Waals surface area contributed by atoms with Crippen LogP contribution in [0.25, 0.3) is 6.08 Å². The SMILES string of the molecule is COc1cc(Br)cc(/C=C(\C#N)C(=O)N[C@@H]2CCCC[C@H]2C)c1O. The van der Waals surface area contributed by atoms with Gasteiger partial charge in [0.1, 0.15) is 11.6 Å². The summed E-state index contributed by atoms with van der Waals surface area (Å²) in [6, 6.07) is 5.26. The highest BCUT2D eigenvalue weighted by atomic mass is 79.9. The number of hydrogen-bond acceptors (Lipinski definition) is 4. The molecule has 1 amide bonds. The number of benzene rings is 1. The van der Waals surface area contributed by atoms with Gasteiger partial charge in [0.15, 0.2) is 11.5 Å². The minimum atomic E-state index is -0.408. The van der Waals surface area contributed by atoms with E-state index < -0.39 is 5.91 Å². The number of phenols is 1. The fourth-order valence-electron chi connectivity index (χ4n) is 2.94. The van der Waals surface area contributed by atoms with Crippen LogP contribution in [0.5, 0.6) is 11.5 Å². The van der Waals surface area contributed by atoms with Gasteiger partial charge in [0.25, 0.3) is 5.91 Å². The first-order chi connectivity index (χ1) is 11.5. The molecule has 1 fully saturated rings. The number of phenolic OH excluding ortho intramolecular Hbond substituents is 1. The molecule has 128 valence electrons. The van der Waals surface area contributed by atoms with Gasteiger partial charge in [0, 0.05) is 16.1 Å². The zero-order valence-corrected chi connectivity index (χ0v) is 15.4.